The topological polar surface area (TPSA) is 81.4 Å². The predicted octanol–water partition coefficient (Wildman–Crippen LogP) is 1.81. The second-order valence-electron chi connectivity index (χ2n) is 5.52. The molecule has 0 aromatic heterocycles. The van der Waals surface area contributed by atoms with Crippen LogP contribution in [0.2, 0.25) is 0 Å². The molecule has 2 rings (SSSR count). The first-order valence-corrected chi connectivity index (χ1v) is 8.94. The Balaban J connectivity index is 2.31. The Hall–Kier alpha value is -1.11. The number of rotatable bonds is 6. The molecule has 1 heterocycles. The van der Waals surface area contributed by atoms with Gasteiger partial charge >= 0.3 is 0 Å². The summed E-state index contributed by atoms with van der Waals surface area (Å²) in [6, 6.07) is 5.05. The normalized spacial score (nSPS) is 15.4. The van der Waals surface area contributed by atoms with Crippen molar-refractivity contribution in [2.24, 2.45) is 5.73 Å². The number of hydrogen-bond acceptors (Lipinski definition) is 4. The van der Waals surface area contributed by atoms with Gasteiger partial charge in [0.25, 0.3) is 0 Å². The molecule has 1 aliphatic rings. The van der Waals surface area contributed by atoms with Crippen LogP contribution in [-0.2, 0) is 16.4 Å². The van der Waals surface area contributed by atoms with Crippen molar-refractivity contribution in [1.29, 1.82) is 0 Å². The fourth-order valence-electron chi connectivity index (χ4n) is 2.57. The summed E-state index contributed by atoms with van der Waals surface area (Å²) >= 11 is 0. The Labute approximate surface area is 126 Å². The van der Waals surface area contributed by atoms with Crippen molar-refractivity contribution >= 4 is 10.0 Å². The van der Waals surface area contributed by atoms with Gasteiger partial charge in [0.2, 0.25) is 10.0 Å². The van der Waals surface area contributed by atoms with Crippen molar-refractivity contribution in [1.82, 2.24) is 4.72 Å². The fourth-order valence-corrected chi connectivity index (χ4v) is 4.18. The molecule has 5 nitrogen and oxygen atoms in total. The van der Waals surface area contributed by atoms with Gasteiger partial charge in [0.05, 0.1) is 11.5 Å². The van der Waals surface area contributed by atoms with Gasteiger partial charge in [-0.15, -0.1) is 0 Å². The first kappa shape index (κ1) is 16.3. The van der Waals surface area contributed by atoms with Crippen LogP contribution in [0.4, 0.5) is 0 Å². The van der Waals surface area contributed by atoms with E-state index in [4.69, 9.17) is 10.5 Å². The number of sulfonamides is 1. The molecular weight excluding hydrogens is 288 g/mol. The van der Waals surface area contributed by atoms with Crippen molar-refractivity contribution in [3.63, 3.8) is 0 Å². The van der Waals surface area contributed by atoms with E-state index in [1.54, 1.807) is 18.2 Å². The molecule has 0 amide bonds. The molecule has 0 saturated carbocycles. The van der Waals surface area contributed by atoms with Crippen LogP contribution < -0.4 is 15.2 Å². The van der Waals surface area contributed by atoms with Crippen LogP contribution in [-0.4, -0.2) is 27.1 Å². The van der Waals surface area contributed by atoms with Gasteiger partial charge in [-0.1, -0.05) is 13.8 Å². The molecule has 21 heavy (non-hydrogen) atoms. The lowest BCUT2D eigenvalue weighted by atomic mass is 9.95. The van der Waals surface area contributed by atoms with Crippen LogP contribution in [0.25, 0.3) is 0 Å². The summed E-state index contributed by atoms with van der Waals surface area (Å²) in [7, 11) is -3.57. The molecule has 0 radical (unpaired) electrons. The Morgan fingerprint density at radius 2 is 2.05 bits per heavy atom. The summed E-state index contributed by atoms with van der Waals surface area (Å²) in [5.41, 5.74) is 6.15. The van der Waals surface area contributed by atoms with E-state index in [9.17, 15) is 8.42 Å². The largest absolute Gasteiger partial charge is 0.493 e. The Morgan fingerprint density at radius 1 is 1.33 bits per heavy atom. The maximum atomic E-state index is 12.6. The minimum atomic E-state index is -3.57. The highest BCUT2D eigenvalue weighted by molar-refractivity contribution is 7.89. The predicted molar refractivity (Wildman–Crippen MR) is 82.9 cm³/mol. The van der Waals surface area contributed by atoms with E-state index in [1.807, 2.05) is 13.8 Å². The van der Waals surface area contributed by atoms with Crippen LogP contribution in [0.1, 0.15) is 38.7 Å². The van der Waals surface area contributed by atoms with Gasteiger partial charge in [-0.25, -0.2) is 13.1 Å². The number of hydrogen-bond donors (Lipinski definition) is 2. The zero-order valence-corrected chi connectivity index (χ0v) is 13.5. The molecule has 1 aromatic carbocycles. The molecule has 0 unspecified atom stereocenters. The molecule has 0 aliphatic carbocycles. The molecule has 0 saturated heterocycles. The SMILES string of the molecule is CCC(CC)(CN)NS(=O)(=O)c1ccc2c(c1)CCCO2. The Bertz CT molecular complexity index is 587. The third-order valence-corrected chi connectivity index (χ3v) is 5.86. The third-order valence-electron chi connectivity index (χ3n) is 4.29. The molecule has 118 valence electrons. The fraction of sp³-hybridized carbons (Fsp3) is 0.600. The maximum Gasteiger partial charge on any atom is 0.241 e. The lowest BCUT2D eigenvalue weighted by molar-refractivity contribution is 0.288. The molecule has 0 bridgehead atoms. The third kappa shape index (κ3) is 3.39. The van der Waals surface area contributed by atoms with Crippen LogP contribution in [0.5, 0.6) is 5.75 Å². The van der Waals surface area contributed by atoms with Gasteiger partial charge in [-0.2, -0.15) is 0 Å². The summed E-state index contributed by atoms with van der Waals surface area (Å²) < 4.78 is 33.5. The van der Waals surface area contributed by atoms with Crippen LogP contribution >= 0.6 is 0 Å². The summed E-state index contributed by atoms with van der Waals surface area (Å²) in [6.45, 7) is 4.87. The van der Waals surface area contributed by atoms with E-state index in [0.717, 1.165) is 24.2 Å². The lowest BCUT2D eigenvalue weighted by Crippen LogP contribution is -2.52. The first-order chi connectivity index (χ1) is 9.96. The molecule has 1 aliphatic heterocycles. The van der Waals surface area contributed by atoms with E-state index < -0.39 is 15.6 Å². The van der Waals surface area contributed by atoms with Gasteiger partial charge < -0.3 is 10.5 Å². The summed E-state index contributed by atoms with van der Waals surface area (Å²) in [5, 5.41) is 0. The second kappa shape index (κ2) is 6.34. The minimum Gasteiger partial charge on any atom is -0.493 e. The van der Waals surface area contributed by atoms with Gasteiger partial charge in [-0.05, 0) is 49.4 Å². The smallest absolute Gasteiger partial charge is 0.241 e. The van der Waals surface area contributed by atoms with E-state index in [0.29, 0.717) is 19.4 Å². The molecule has 0 atom stereocenters. The van der Waals surface area contributed by atoms with E-state index in [-0.39, 0.29) is 11.4 Å². The molecule has 1 aromatic rings. The van der Waals surface area contributed by atoms with Crippen molar-refractivity contribution in [3.05, 3.63) is 23.8 Å². The Kier molecular flexibility index (Phi) is 4.91. The average molecular weight is 312 g/mol. The number of fused-ring (bicyclic) bond motifs is 1. The Morgan fingerprint density at radius 3 is 2.67 bits per heavy atom. The second-order valence-corrected chi connectivity index (χ2v) is 7.20. The lowest BCUT2D eigenvalue weighted by Gasteiger charge is -2.31. The number of aryl methyl sites for hydroxylation is 1. The number of ether oxygens (including phenoxy) is 1. The van der Waals surface area contributed by atoms with E-state index in [2.05, 4.69) is 4.72 Å². The van der Waals surface area contributed by atoms with Gasteiger partial charge in [0, 0.05) is 12.1 Å². The average Bonchev–Trinajstić information content (AvgIpc) is 2.52. The van der Waals surface area contributed by atoms with Crippen LogP contribution in [0.15, 0.2) is 23.1 Å². The molecule has 3 N–H and O–H groups in total. The molecular formula is C15H24N2O3S. The van der Waals surface area contributed by atoms with Crippen molar-refractivity contribution < 1.29 is 13.2 Å². The van der Waals surface area contributed by atoms with Crippen molar-refractivity contribution in [2.75, 3.05) is 13.2 Å². The van der Waals surface area contributed by atoms with Crippen LogP contribution in [0.3, 0.4) is 0 Å². The highest BCUT2D eigenvalue weighted by Gasteiger charge is 2.31. The quantitative estimate of drug-likeness (QED) is 0.839. The summed E-state index contributed by atoms with van der Waals surface area (Å²) in [4.78, 5) is 0.284. The maximum absolute atomic E-state index is 12.6. The highest BCUT2D eigenvalue weighted by Crippen LogP contribution is 2.28. The minimum absolute atomic E-state index is 0.284. The highest BCUT2D eigenvalue weighted by atomic mass is 32.2. The van der Waals surface area contributed by atoms with E-state index >= 15 is 0 Å². The summed E-state index contributed by atoms with van der Waals surface area (Å²) in [6.07, 6.45) is 3.09. The monoisotopic (exact) mass is 312 g/mol. The van der Waals surface area contributed by atoms with Gasteiger partial charge in [0.1, 0.15) is 5.75 Å². The first-order valence-electron chi connectivity index (χ1n) is 7.46. The number of nitrogens with one attached hydrogen (secondary N) is 1. The van der Waals surface area contributed by atoms with Gasteiger partial charge in [-0.3, -0.25) is 0 Å². The van der Waals surface area contributed by atoms with Crippen molar-refractivity contribution in [3.8, 4) is 5.75 Å². The van der Waals surface area contributed by atoms with Crippen molar-refractivity contribution in [2.45, 2.75) is 50.0 Å². The molecule has 6 heteroatoms. The molecule has 0 fully saturated rings. The zero-order valence-electron chi connectivity index (χ0n) is 12.7. The summed E-state index contributed by atoms with van der Waals surface area (Å²) in [5.74, 6) is 0.788. The number of nitrogens with two attached hydrogens (primary N) is 1. The molecule has 0 spiro atoms. The van der Waals surface area contributed by atoms with Crippen LogP contribution in [0, 0.1) is 0 Å². The number of benzene rings is 1. The van der Waals surface area contributed by atoms with E-state index in [1.165, 1.54) is 0 Å². The van der Waals surface area contributed by atoms with Gasteiger partial charge in [0.15, 0.2) is 0 Å². The zero-order chi connectivity index (χ0) is 15.5. The standard InChI is InChI=1S/C15H24N2O3S/c1-3-15(4-2,11-16)17-21(18,19)13-7-8-14-12(10-13)6-5-9-20-14/h7-8,10,17H,3-6,9,11,16H2,1-2H3.